The van der Waals surface area contributed by atoms with Gasteiger partial charge in [0.1, 0.15) is 0 Å². The Hall–Kier alpha value is -0.470. The van der Waals surface area contributed by atoms with E-state index in [0.717, 1.165) is 30.9 Å². The van der Waals surface area contributed by atoms with Gasteiger partial charge in [0.15, 0.2) is 0 Å². The lowest BCUT2D eigenvalue weighted by Crippen LogP contribution is -2.35. The lowest BCUT2D eigenvalue weighted by atomic mass is 10.4. The molecule has 0 saturated carbocycles. The molecule has 0 bridgehead atoms. The summed E-state index contributed by atoms with van der Waals surface area (Å²) >= 11 is 1.51. The van der Waals surface area contributed by atoms with E-state index in [1.54, 1.807) is 10.4 Å². The van der Waals surface area contributed by atoms with Gasteiger partial charge in [-0.3, -0.25) is 0 Å². The first-order valence-corrected chi connectivity index (χ1v) is 9.33. The molecule has 0 aliphatic carbocycles. The van der Waals surface area contributed by atoms with Crippen LogP contribution in [-0.2, 0) is 16.6 Å². The molecule has 0 aromatic carbocycles. The van der Waals surface area contributed by atoms with Gasteiger partial charge in [0, 0.05) is 31.1 Å². The highest BCUT2D eigenvalue weighted by Crippen LogP contribution is 2.25. The summed E-state index contributed by atoms with van der Waals surface area (Å²) in [5.41, 5.74) is 0. The van der Waals surface area contributed by atoms with Crippen LogP contribution >= 0.6 is 11.3 Å². The molecule has 0 spiro atoms. The standard InChI is InChI=1S/C13H23N3O2S2/c1-3-14-11-12-13(5-10-19-12)20(17,18)16-7-4-6-15(2)8-9-16/h5,10,14H,3-4,6-9,11H2,1-2H3. The van der Waals surface area contributed by atoms with Crippen LogP contribution in [0.4, 0.5) is 0 Å². The Morgan fingerprint density at radius 3 is 2.85 bits per heavy atom. The Bertz CT molecular complexity index is 527. The molecule has 0 atom stereocenters. The van der Waals surface area contributed by atoms with Crippen molar-refractivity contribution in [3.63, 3.8) is 0 Å². The molecule has 0 amide bonds. The highest BCUT2D eigenvalue weighted by molar-refractivity contribution is 7.89. The third-order valence-electron chi connectivity index (χ3n) is 3.54. The molecule has 1 fully saturated rings. The summed E-state index contributed by atoms with van der Waals surface area (Å²) in [5.74, 6) is 0. The molecular weight excluding hydrogens is 294 g/mol. The molecule has 5 nitrogen and oxygen atoms in total. The lowest BCUT2D eigenvalue weighted by Gasteiger charge is -2.20. The quantitative estimate of drug-likeness (QED) is 0.886. The van der Waals surface area contributed by atoms with Crippen molar-refractivity contribution in [2.75, 3.05) is 39.8 Å². The molecule has 1 aromatic rings. The number of hydrogen-bond acceptors (Lipinski definition) is 5. The average molecular weight is 317 g/mol. The molecule has 2 heterocycles. The van der Waals surface area contributed by atoms with Gasteiger partial charge in [0.05, 0.1) is 4.90 Å². The summed E-state index contributed by atoms with van der Waals surface area (Å²) in [5, 5.41) is 5.07. The van der Waals surface area contributed by atoms with Gasteiger partial charge in [-0.1, -0.05) is 6.92 Å². The minimum absolute atomic E-state index is 0.480. The van der Waals surface area contributed by atoms with Crippen LogP contribution in [0.1, 0.15) is 18.2 Å². The van der Waals surface area contributed by atoms with Gasteiger partial charge in [0.2, 0.25) is 10.0 Å². The van der Waals surface area contributed by atoms with Crippen molar-refractivity contribution in [1.82, 2.24) is 14.5 Å². The van der Waals surface area contributed by atoms with E-state index in [0.29, 0.717) is 24.5 Å². The Balaban J connectivity index is 2.19. The Morgan fingerprint density at radius 1 is 1.30 bits per heavy atom. The second kappa shape index (κ2) is 7.00. The fraction of sp³-hybridized carbons (Fsp3) is 0.692. The SMILES string of the molecule is CCNCc1sccc1S(=O)(=O)N1CCCN(C)CC1. The third-order valence-corrected chi connectivity index (χ3v) is 6.57. The average Bonchev–Trinajstić information content (AvgIpc) is 2.78. The maximum absolute atomic E-state index is 12.8. The number of likely N-dealkylation sites (N-methyl/N-ethyl adjacent to an activating group) is 1. The molecule has 1 aliphatic rings. The Labute approximate surface area is 125 Å². The fourth-order valence-corrected chi connectivity index (χ4v) is 5.18. The van der Waals surface area contributed by atoms with E-state index < -0.39 is 10.0 Å². The second-order valence-electron chi connectivity index (χ2n) is 5.05. The summed E-state index contributed by atoms with van der Waals surface area (Å²) in [6.07, 6.45) is 0.891. The molecule has 0 radical (unpaired) electrons. The Morgan fingerprint density at radius 2 is 2.10 bits per heavy atom. The van der Waals surface area contributed by atoms with E-state index in [1.807, 2.05) is 19.4 Å². The van der Waals surface area contributed by atoms with Crippen molar-refractivity contribution >= 4 is 21.4 Å². The predicted molar refractivity (Wildman–Crippen MR) is 82.6 cm³/mol. The van der Waals surface area contributed by atoms with E-state index in [-0.39, 0.29) is 0 Å². The van der Waals surface area contributed by atoms with Crippen LogP contribution in [-0.4, -0.2) is 57.4 Å². The summed E-state index contributed by atoms with van der Waals surface area (Å²) in [6, 6.07) is 1.74. The highest BCUT2D eigenvalue weighted by Gasteiger charge is 2.28. The molecule has 1 aromatic heterocycles. The number of thiophene rings is 1. The first-order chi connectivity index (χ1) is 9.55. The largest absolute Gasteiger partial charge is 0.312 e. The number of nitrogens with zero attached hydrogens (tertiary/aromatic N) is 2. The predicted octanol–water partition coefficient (Wildman–Crippen LogP) is 1.18. The van der Waals surface area contributed by atoms with Crippen molar-refractivity contribution in [2.45, 2.75) is 24.8 Å². The van der Waals surface area contributed by atoms with Crippen LogP contribution in [0.5, 0.6) is 0 Å². The maximum Gasteiger partial charge on any atom is 0.244 e. The monoisotopic (exact) mass is 317 g/mol. The molecule has 7 heteroatoms. The smallest absolute Gasteiger partial charge is 0.244 e. The summed E-state index contributed by atoms with van der Waals surface area (Å²) in [6.45, 7) is 6.43. The van der Waals surface area contributed by atoms with E-state index in [4.69, 9.17) is 0 Å². The van der Waals surface area contributed by atoms with Gasteiger partial charge in [-0.2, -0.15) is 4.31 Å². The van der Waals surface area contributed by atoms with Crippen LogP contribution in [0.15, 0.2) is 16.3 Å². The first-order valence-electron chi connectivity index (χ1n) is 7.01. The third kappa shape index (κ3) is 3.59. The van der Waals surface area contributed by atoms with Crippen molar-refractivity contribution < 1.29 is 8.42 Å². The Kier molecular flexibility index (Phi) is 5.57. The first kappa shape index (κ1) is 15.9. The maximum atomic E-state index is 12.8. The van der Waals surface area contributed by atoms with Crippen molar-refractivity contribution in [1.29, 1.82) is 0 Å². The van der Waals surface area contributed by atoms with E-state index >= 15 is 0 Å². The zero-order valence-electron chi connectivity index (χ0n) is 12.1. The van der Waals surface area contributed by atoms with E-state index in [1.165, 1.54) is 11.3 Å². The van der Waals surface area contributed by atoms with Crippen LogP contribution in [0.3, 0.4) is 0 Å². The van der Waals surface area contributed by atoms with Crippen molar-refractivity contribution in [2.24, 2.45) is 0 Å². The van der Waals surface area contributed by atoms with Crippen molar-refractivity contribution in [3.8, 4) is 0 Å². The topological polar surface area (TPSA) is 52.7 Å². The van der Waals surface area contributed by atoms with Gasteiger partial charge in [-0.15, -0.1) is 11.3 Å². The fourth-order valence-electron chi connectivity index (χ4n) is 2.33. The lowest BCUT2D eigenvalue weighted by molar-refractivity contribution is 0.347. The molecule has 20 heavy (non-hydrogen) atoms. The normalized spacial score (nSPS) is 19.1. The zero-order valence-corrected chi connectivity index (χ0v) is 13.8. The second-order valence-corrected chi connectivity index (χ2v) is 7.96. The number of nitrogens with one attached hydrogen (secondary N) is 1. The van der Waals surface area contributed by atoms with Crippen LogP contribution in [0.2, 0.25) is 0 Å². The number of rotatable bonds is 5. The van der Waals surface area contributed by atoms with Gasteiger partial charge in [-0.25, -0.2) is 8.42 Å². The van der Waals surface area contributed by atoms with Crippen LogP contribution in [0.25, 0.3) is 0 Å². The molecule has 1 aliphatic heterocycles. The van der Waals surface area contributed by atoms with Gasteiger partial charge in [-0.05, 0) is 38.0 Å². The molecule has 1 saturated heterocycles. The summed E-state index contributed by atoms with van der Waals surface area (Å²) < 4.78 is 27.2. The van der Waals surface area contributed by atoms with E-state index in [9.17, 15) is 8.42 Å². The van der Waals surface area contributed by atoms with Gasteiger partial charge in [0.25, 0.3) is 0 Å². The molecule has 1 N–H and O–H groups in total. The number of sulfonamides is 1. The van der Waals surface area contributed by atoms with Crippen LogP contribution in [0, 0.1) is 0 Å². The number of hydrogen-bond donors (Lipinski definition) is 1. The van der Waals surface area contributed by atoms with E-state index in [2.05, 4.69) is 10.2 Å². The molecule has 114 valence electrons. The highest BCUT2D eigenvalue weighted by atomic mass is 32.2. The molecule has 0 unspecified atom stereocenters. The van der Waals surface area contributed by atoms with Gasteiger partial charge >= 0.3 is 0 Å². The van der Waals surface area contributed by atoms with Gasteiger partial charge < -0.3 is 10.2 Å². The minimum atomic E-state index is -3.35. The molecular formula is C13H23N3O2S2. The molecule has 2 rings (SSSR count). The minimum Gasteiger partial charge on any atom is -0.312 e. The zero-order chi connectivity index (χ0) is 14.6. The summed E-state index contributed by atoms with van der Waals surface area (Å²) in [7, 11) is -1.31. The van der Waals surface area contributed by atoms with Crippen molar-refractivity contribution in [3.05, 3.63) is 16.3 Å². The van der Waals surface area contributed by atoms with Crippen LogP contribution < -0.4 is 5.32 Å². The summed E-state index contributed by atoms with van der Waals surface area (Å²) in [4.78, 5) is 3.57.